The summed E-state index contributed by atoms with van der Waals surface area (Å²) in [5.74, 6) is 0.530. The SMILES string of the molecule is [C-]#[N+]C1CN(C(=O)CN(C)[C@@H]2CCN(c3nn4c(N(C)c5nc(-c6ccc(F)cc6)c(C#N)s5)c(CC)nc4s3)C2)C1. The van der Waals surface area contributed by atoms with Gasteiger partial charge in [0.05, 0.1) is 25.3 Å². The van der Waals surface area contributed by atoms with E-state index in [-0.39, 0.29) is 23.8 Å². The van der Waals surface area contributed by atoms with E-state index in [2.05, 4.69) is 20.7 Å². The van der Waals surface area contributed by atoms with Crippen LogP contribution >= 0.6 is 22.7 Å². The Kier molecular flexibility index (Phi) is 7.53. The second kappa shape index (κ2) is 11.3. The van der Waals surface area contributed by atoms with Crippen LogP contribution < -0.4 is 9.80 Å². The Balaban J connectivity index is 1.20. The molecule has 1 amide bonds. The molecule has 0 radical (unpaired) electrons. The Morgan fingerprint density at radius 3 is 2.67 bits per heavy atom. The van der Waals surface area contributed by atoms with Crippen LogP contribution in [0.25, 0.3) is 21.1 Å². The monoisotopic (exact) mass is 604 g/mol. The Morgan fingerprint density at radius 1 is 1.21 bits per heavy atom. The van der Waals surface area contributed by atoms with Crippen molar-refractivity contribution >= 4 is 49.6 Å². The molecule has 1 aromatic carbocycles. The number of anilines is 3. The quantitative estimate of drug-likeness (QED) is 0.279. The number of carbonyl (C=O) groups is 1. The number of amides is 1. The third kappa shape index (κ3) is 5.06. The van der Waals surface area contributed by atoms with Gasteiger partial charge in [-0.3, -0.25) is 9.69 Å². The fourth-order valence-corrected chi connectivity index (χ4v) is 7.15. The molecule has 216 valence electrons. The molecule has 3 aromatic heterocycles. The van der Waals surface area contributed by atoms with E-state index >= 15 is 0 Å². The molecule has 0 spiro atoms. The summed E-state index contributed by atoms with van der Waals surface area (Å²) in [5.41, 5.74) is 2.08. The maximum atomic E-state index is 13.5. The molecule has 0 N–H and O–H groups in total. The van der Waals surface area contributed by atoms with E-state index in [0.29, 0.717) is 47.3 Å². The first kappa shape index (κ1) is 28.0. The van der Waals surface area contributed by atoms with Crippen LogP contribution in [0.1, 0.15) is 23.9 Å². The molecule has 0 aliphatic carbocycles. The van der Waals surface area contributed by atoms with Crippen molar-refractivity contribution in [2.75, 3.05) is 56.6 Å². The van der Waals surface area contributed by atoms with Crippen LogP contribution in [-0.4, -0.2) is 94.2 Å². The first-order valence-electron chi connectivity index (χ1n) is 13.7. The van der Waals surface area contributed by atoms with Gasteiger partial charge in [0.15, 0.2) is 10.9 Å². The number of likely N-dealkylation sites (N-methyl/N-ethyl adjacent to an activating group) is 1. The van der Waals surface area contributed by atoms with Gasteiger partial charge in [0.1, 0.15) is 22.5 Å². The van der Waals surface area contributed by atoms with Crippen molar-refractivity contribution in [3.8, 4) is 17.3 Å². The van der Waals surface area contributed by atoms with Gasteiger partial charge in [0.25, 0.3) is 6.04 Å². The summed E-state index contributed by atoms with van der Waals surface area (Å²) in [5, 5.41) is 16.2. The van der Waals surface area contributed by atoms with Crippen molar-refractivity contribution in [3.63, 3.8) is 0 Å². The number of nitrogens with zero attached hydrogens (tertiary/aromatic N) is 10. The third-order valence-corrected chi connectivity index (χ3v) is 9.86. The van der Waals surface area contributed by atoms with Crippen molar-refractivity contribution in [2.45, 2.75) is 31.8 Å². The summed E-state index contributed by atoms with van der Waals surface area (Å²) in [6.45, 7) is 12.1. The number of halogens is 1. The summed E-state index contributed by atoms with van der Waals surface area (Å²) >= 11 is 2.80. The molecule has 1 atom stereocenters. The summed E-state index contributed by atoms with van der Waals surface area (Å²) in [7, 11) is 3.88. The van der Waals surface area contributed by atoms with Gasteiger partial charge in [-0.15, -0.1) is 5.10 Å². The van der Waals surface area contributed by atoms with Crippen LogP contribution in [0.2, 0.25) is 0 Å². The van der Waals surface area contributed by atoms with E-state index in [9.17, 15) is 14.4 Å². The van der Waals surface area contributed by atoms with Crippen molar-refractivity contribution < 1.29 is 9.18 Å². The fourth-order valence-electron chi connectivity index (χ4n) is 5.35. The maximum absolute atomic E-state index is 13.5. The van der Waals surface area contributed by atoms with Gasteiger partial charge in [-0.2, -0.15) is 9.78 Å². The molecular weight excluding hydrogens is 576 g/mol. The summed E-state index contributed by atoms with van der Waals surface area (Å²) in [6, 6.07) is 8.39. The van der Waals surface area contributed by atoms with Gasteiger partial charge in [-0.1, -0.05) is 29.6 Å². The number of likely N-dealkylation sites (tertiary alicyclic amines) is 1. The Labute approximate surface area is 250 Å². The second-order valence-corrected chi connectivity index (χ2v) is 12.5. The van der Waals surface area contributed by atoms with Crippen molar-refractivity contribution in [3.05, 3.63) is 52.1 Å². The van der Waals surface area contributed by atoms with Crippen LogP contribution in [0.5, 0.6) is 0 Å². The molecule has 2 saturated heterocycles. The number of nitriles is 1. The first-order chi connectivity index (χ1) is 20.3. The van der Waals surface area contributed by atoms with Gasteiger partial charge < -0.3 is 19.5 Å². The van der Waals surface area contributed by atoms with Crippen molar-refractivity contribution in [2.24, 2.45) is 0 Å². The number of benzene rings is 1. The largest absolute Gasteiger partial charge is 0.345 e. The van der Waals surface area contributed by atoms with Gasteiger partial charge in [-0.05, 0) is 44.2 Å². The normalized spacial score (nSPS) is 17.1. The van der Waals surface area contributed by atoms with Crippen molar-refractivity contribution in [1.29, 1.82) is 5.26 Å². The van der Waals surface area contributed by atoms with Gasteiger partial charge in [0.2, 0.25) is 16.0 Å². The second-order valence-electron chi connectivity index (χ2n) is 10.6. The Bertz CT molecular complexity index is 1710. The molecule has 42 heavy (non-hydrogen) atoms. The number of rotatable bonds is 8. The molecule has 6 rings (SSSR count). The summed E-state index contributed by atoms with van der Waals surface area (Å²) in [6.07, 6.45) is 1.62. The fraction of sp³-hybridized carbons (Fsp3) is 0.429. The first-order valence-corrected chi connectivity index (χ1v) is 15.3. The smallest absolute Gasteiger partial charge is 0.258 e. The zero-order valence-corrected chi connectivity index (χ0v) is 25.1. The van der Waals surface area contributed by atoms with Crippen molar-refractivity contribution in [1.82, 2.24) is 29.4 Å². The van der Waals surface area contributed by atoms with Gasteiger partial charge in [-0.25, -0.2) is 20.9 Å². The highest BCUT2D eigenvalue weighted by Gasteiger charge is 2.37. The standard InChI is InChI=1S/C28H29FN10OS2/c1-5-21-25(36(4)26-33-24(22(12-30)41-26)17-6-8-18(29)9-7-17)39-27(32-21)42-28(34-39)37-11-10-20(15-37)35(3)16-23(40)38-13-19(14-38)31-2/h6-9,19-20H,5,10-11,13-16H2,1,3-4H3/t20-/m1/s1. The average molecular weight is 605 g/mol. The van der Waals surface area contributed by atoms with Crippen LogP contribution in [0.4, 0.5) is 20.5 Å². The number of carbonyl (C=O) groups excluding carboxylic acids is 1. The summed E-state index contributed by atoms with van der Waals surface area (Å²) in [4.78, 5) is 35.0. The molecule has 2 aliphatic heterocycles. The minimum Gasteiger partial charge on any atom is -0.345 e. The maximum Gasteiger partial charge on any atom is 0.258 e. The van der Waals surface area contributed by atoms with E-state index < -0.39 is 0 Å². The average Bonchev–Trinajstić information content (AvgIpc) is 3.74. The molecule has 0 unspecified atom stereocenters. The molecule has 0 saturated carbocycles. The minimum absolute atomic E-state index is 0.0527. The summed E-state index contributed by atoms with van der Waals surface area (Å²) < 4.78 is 15.3. The topological polar surface area (TPSA) is 101 Å². The molecule has 14 heteroatoms. The minimum atomic E-state index is -0.342. The predicted octanol–water partition coefficient (Wildman–Crippen LogP) is 3.90. The van der Waals surface area contributed by atoms with Crippen LogP contribution in [0, 0.1) is 23.7 Å². The number of aromatic nitrogens is 4. The lowest BCUT2D eigenvalue weighted by Crippen LogP contribution is -2.55. The molecule has 4 aromatic rings. The molecule has 2 aliphatic rings. The number of hydrogen-bond donors (Lipinski definition) is 0. The number of thiazole rings is 1. The van der Waals surface area contributed by atoms with E-state index in [4.69, 9.17) is 21.6 Å². The lowest BCUT2D eigenvalue weighted by atomic mass is 10.1. The highest BCUT2D eigenvalue weighted by molar-refractivity contribution is 7.20. The van der Waals surface area contributed by atoms with Crippen LogP contribution in [0.15, 0.2) is 24.3 Å². The zero-order valence-electron chi connectivity index (χ0n) is 23.5. The zero-order chi connectivity index (χ0) is 29.5. The van der Waals surface area contributed by atoms with E-state index in [1.54, 1.807) is 17.0 Å². The Hall–Kier alpha value is -4.11. The molecular formula is C28H29FN10OS2. The van der Waals surface area contributed by atoms with Crippen LogP contribution in [0.3, 0.4) is 0 Å². The van der Waals surface area contributed by atoms with Gasteiger partial charge in [0, 0.05) is 31.7 Å². The van der Waals surface area contributed by atoms with E-state index in [0.717, 1.165) is 41.1 Å². The predicted molar refractivity (Wildman–Crippen MR) is 161 cm³/mol. The van der Waals surface area contributed by atoms with Gasteiger partial charge >= 0.3 is 0 Å². The van der Waals surface area contributed by atoms with E-state index in [1.807, 2.05) is 30.4 Å². The Morgan fingerprint density at radius 2 is 1.98 bits per heavy atom. The number of hydrogen-bond acceptors (Lipinski definition) is 10. The van der Waals surface area contributed by atoms with E-state index in [1.165, 1.54) is 34.8 Å². The molecule has 0 bridgehead atoms. The highest BCUT2D eigenvalue weighted by Crippen LogP contribution is 2.38. The lowest BCUT2D eigenvalue weighted by molar-refractivity contribution is -0.136. The molecule has 11 nitrogen and oxygen atoms in total. The lowest BCUT2D eigenvalue weighted by Gasteiger charge is -2.34. The highest BCUT2D eigenvalue weighted by atomic mass is 32.1. The van der Waals surface area contributed by atoms with Crippen LogP contribution in [-0.2, 0) is 11.2 Å². The molecule has 2 fully saturated rings. The number of fused-ring (bicyclic) bond motifs is 1. The number of aryl methyl sites for hydroxylation is 1. The number of imidazole rings is 1. The molecule has 5 heterocycles. The third-order valence-electron chi connectivity index (χ3n) is 7.85.